The van der Waals surface area contributed by atoms with Crippen molar-refractivity contribution in [2.75, 3.05) is 13.7 Å². The fourth-order valence-electron chi connectivity index (χ4n) is 1.88. The molecule has 3 amide bonds. The van der Waals surface area contributed by atoms with E-state index in [-0.39, 0.29) is 16.3 Å². The predicted octanol–water partition coefficient (Wildman–Crippen LogP) is 2.51. The Balaban J connectivity index is 2.89. The number of esters is 1. The van der Waals surface area contributed by atoms with Crippen LogP contribution in [0.2, 0.25) is 5.02 Å². The highest BCUT2D eigenvalue weighted by molar-refractivity contribution is 6.32. The van der Waals surface area contributed by atoms with Crippen molar-refractivity contribution >= 4 is 29.5 Å². The monoisotopic (exact) mass is 386 g/mol. The second-order valence-corrected chi connectivity index (χ2v) is 6.33. The number of benzene rings is 1. The maximum atomic E-state index is 12.2. The quantitative estimate of drug-likeness (QED) is 0.663. The first-order valence-corrected chi connectivity index (χ1v) is 8.35. The van der Waals surface area contributed by atoms with Crippen LogP contribution in [-0.2, 0) is 9.53 Å². The molecule has 0 unspecified atom stereocenters. The molecule has 0 fully saturated rings. The van der Waals surface area contributed by atoms with Crippen molar-refractivity contribution in [1.82, 2.24) is 5.32 Å². The third kappa shape index (κ3) is 6.44. The summed E-state index contributed by atoms with van der Waals surface area (Å²) in [5.74, 6) is -0.598. The average Bonchev–Trinajstić information content (AvgIpc) is 2.54. The molecule has 0 aliphatic rings. The maximum Gasteiger partial charge on any atom is 0.339 e. The summed E-state index contributed by atoms with van der Waals surface area (Å²) < 4.78 is 15.9. The van der Waals surface area contributed by atoms with Gasteiger partial charge >= 0.3 is 12.0 Å². The summed E-state index contributed by atoms with van der Waals surface area (Å²) in [6.07, 6.45) is -0.391. The molecule has 0 saturated heterocycles. The van der Waals surface area contributed by atoms with Crippen LogP contribution >= 0.6 is 11.6 Å². The largest absolute Gasteiger partial charge is 0.493 e. The van der Waals surface area contributed by atoms with Crippen LogP contribution in [0.5, 0.6) is 11.5 Å². The highest BCUT2D eigenvalue weighted by Gasteiger charge is 2.22. The van der Waals surface area contributed by atoms with Crippen LogP contribution in [0.15, 0.2) is 12.1 Å². The second-order valence-electron chi connectivity index (χ2n) is 5.92. The Bertz CT molecular complexity index is 677. The lowest BCUT2D eigenvalue weighted by Gasteiger charge is -2.16. The van der Waals surface area contributed by atoms with Crippen LogP contribution in [-0.4, -0.2) is 37.7 Å². The molecule has 0 radical (unpaired) electrons. The first-order valence-electron chi connectivity index (χ1n) is 7.97. The molecule has 3 N–H and O–H groups in total. The first-order chi connectivity index (χ1) is 12.1. The lowest BCUT2D eigenvalue weighted by Crippen LogP contribution is -2.42. The maximum absolute atomic E-state index is 12.2. The van der Waals surface area contributed by atoms with Gasteiger partial charge in [0.1, 0.15) is 0 Å². The Morgan fingerprint density at radius 1 is 1.23 bits per heavy atom. The van der Waals surface area contributed by atoms with E-state index in [0.717, 1.165) is 6.42 Å². The van der Waals surface area contributed by atoms with Gasteiger partial charge in [-0.2, -0.15) is 0 Å². The molecule has 0 bridgehead atoms. The number of carbonyl (C=O) groups excluding carboxylic acids is 3. The van der Waals surface area contributed by atoms with E-state index in [1.54, 1.807) is 0 Å². The molecular formula is C17H23ClN2O6. The van der Waals surface area contributed by atoms with E-state index in [2.05, 4.69) is 13.8 Å². The Labute approximate surface area is 156 Å². The summed E-state index contributed by atoms with van der Waals surface area (Å²) in [5, 5.41) is 2.00. The number of hydrogen-bond acceptors (Lipinski definition) is 6. The Hall–Kier alpha value is -2.48. The Morgan fingerprint density at radius 3 is 2.42 bits per heavy atom. The number of amides is 3. The highest BCUT2D eigenvalue weighted by atomic mass is 35.5. The Morgan fingerprint density at radius 2 is 1.88 bits per heavy atom. The zero-order valence-electron chi connectivity index (χ0n) is 15.1. The molecule has 0 heterocycles. The van der Waals surface area contributed by atoms with Crippen LogP contribution in [0.25, 0.3) is 0 Å². The van der Waals surface area contributed by atoms with Crippen molar-refractivity contribution in [3.63, 3.8) is 0 Å². The third-order valence-electron chi connectivity index (χ3n) is 3.31. The van der Waals surface area contributed by atoms with E-state index in [9.17, 15) is 14.4 Å². The third-order valence-corrected chi connectivity index (χ3v) is 3.59. The van der Waals surface area contributed by atoms with Gasteiger partial charge in [0.15, 0.2) is 17.6 Å². The van der Waals surface area contributed by atoms with E-state index in [1.807, 2.05) is 5.32 Å². The molecule has 1 aromatic rings. The number of urea groups is 1. The number of primary amides is 1. The van der Waals surface area contributed by atoms with Crippen LogP contribution in [0.3, 0.4) is 0 Å². The smallest absolute Gasteiger partial charge is 0.339 e. The highest BCUT2D eigenvalue weighted by Crippen LogP contribution is 2.37. The van der Waals surface area contributed by atoms with Crippen molar-refractivity contribution in [3.05, 3.63) is 22.7 Å². The number of nitrogens with one attached hydrogen (secondary N) is 1. The number of halogens is 1. The van der Waals surface area contributed by atoms with Gasteiger partial charge in [-0.3, -0.25) is 10.1 Å². The van der Waals surface area contributed by atoms with E-state index in [1.165, 1.54) is 26.2 Å². The van der Waals surface area contributed by atoms with Gasteiger partial charge in [0.25, 0.3) is 5.91 Å². The number of ether oxygens (including phenoxy) is 3. The number of hydrogen-bond donors (Lipinski definition) is 2. The van der Waals surface area contributed by atoms with Crippen LogP contribution < -0.4 is 20.5 Å². The molecule has 0 saturated carbocycles. The van der Waals surface area contributed by atoms with Gasteiger partial charge in [0, 0.05) is 0 Å². The summed E-state index contributed by atoms with van der Waals surface area (Å²) in [4.78, 5) is 34.5. The molecule has 144 valence electrons. The number of imide groups is 1. The van der Waals surface area contributed by atoms with Crippen molar-refractivity contribution in [3.8, 4) is 11.5 Å². The van der Waals surface area contributed by atoms with E-state index < -0.39 is 24.0 Å². The average molecular weight is 387 g/mol. The molecule has 1 rings (SSSR count). The van der Waals surface area contributed by atoms with E-state index >= 15 is 0 Å². The number of nitrogens with two attached hydrogens (primary N) is 1. The minimum absolute atomic E-state index is 0.0711. The van der Waals surface area contributed by atoms with Gasteiger partial charge in [-0.25, -0.2) is 9.59 Å². The van der Waals surface area contributed by atoms with Gasteiger partial charge in [-0.05, 0) is 31.4 Å². The first kappa shape index (κ1) is 21.6. The van der Waals surface area contributed by atoms with Crippen LogP contribution in [0.4, 0.5) is 4.79 Å². The summed E-state index contributed by atoms with van der Waals surface area (Å²) >= 11 is 6.19. The van der Waals surface area contributed by atoms with E-state index in [4.69, 9.17) is 31.5 Å². The van der Waals surface area contributed by atoms with Gasteiger partial charge in [0.05, 0.1) is 24.3 Å². The zero-order valence-corrected chi connectivity index (χ0v) is 15.9. The van der Waals surface area contributed by atoms with Gasteiger partial charge in [0.2, 0.25) is 0 Å². The molecule has 9 heteroatoms. The molecular weight excluding hydrogens is 364 g/mol. The molecule has 0 aromatic heterocycles. The van der Waals surface area contributed by atoms with Crippen molar-refractivity contribution < 1.29 is 28.6 Å². The minimum Gasteiger partial charge on any atom is -0.493 e. The molecule has 1 atom stereocenters. The molecule has 1 aromatic carbocycles. The summed E-state index contributed by atoms with van der Waals surface area (Å²) in [5.41, 5.74) is 4.92. The SMILES string of the molecule is COc1cc(C(=O)O[C@@H](C)C(=O)NC(N)=O)cc(Cl)c1OCCC(C)C. The molecule has 0 aliphatic carbocycles. The fourth-order valence-corrected chi connectivity index (χ4v) is 2.14. The Kier molecular flexibility index (Phi) is 8.18. The molecule has 8 nitrogen and oxygen atoms in total. The lowest BCUT2D eigenvalue weighted by molar-refractivity contribution is -0.127. The lowest BCUT2D eigenvalue weighted by atomic mass is 10.1. The summed E-state index contributed by atoms with van der Waals surface area (Å²) in [6.45, 7) is 5.88. The second kappa shape index (κ2) is 9.86. The van der Waals surface area contributed by atoms with Gasteiger partial charge < -0.3 is 19.9 Å². The number of rotatable bonds is 8. The van der Waals surface area contributed by atoms with Crippen molar-refractivity contribution in [2.45, 2.75) is 33.3 Å². The summed E-state index contributed by atoms with van der Waals surface area (Å²) in [6, 6.07) is 1.72. The number of methoxy groups -OCH3 is 1. The van der Waals surface area contributed by atoms with Gasteiger partial charge in [-0.1, -0.05) is 25.4 Å². The van der Waals surface area contributed by atoms with Crippen LogP contribution in [0, 0.1) is 5.92 Å². The summed E-state index contributed by atoms with van der Waals surface area (Å²) in [7, 11) is 1.42. The molecule has 0 spiro atoms. The minimum atomic E-state index is -1.22. The van der Waals surface area contributed by atoms with Crippen LogP contribution in [0.1, 0.15) is 37.6 Å². The normalized spacial score (nSPS) is 11.6. The molecule has 26 heavy (non-hydrogen) atoms. The van der Waals surface area contributed by atoms with Gasteiger partial charge in [-0.15, -0.1) is 0 Å². The van der Waals surface area contributed by atoms with Crippen molar-refractivity contribution in [1.29, 1.82) is 0 Å². The fraction of sp³-hybridized carbons (Fsp3) is 0.471. The zero-order chi connectivity index (χ0) is 19.9. The predicted molar refractivity (Wildman–Crippen MR) is 95.6 cm³/mol. The topological polar surface area (TPSA) is 117 Å². The van der Waals surface area contributed by atoms with E-state index in [0.29, 0.717) is 18.3 Å². The molecule has 0 aliphatic heterocycles. The number of carbonyl (C=O) groups is 3. The standard InChI is InChI=1S/C17H23ClN2O6/c1-9(2)5-6-25-14-12(18)7-11(8-13(14)24-4)16(22)26-10(3)15(21)20-17(19)23/h7-10H,5-6H2,1-4H3,(H3,19,20,21,23)/t10-/m0/s1. The van der Waals surface area contributed by atoms with Crippen molar-refractivity contribution in [2.24, 2.45) is 11.7 Å².